The van der Waals surface area contributed by atoms with Crippen LogP contribution >= 0.6 is 0 Å². The summed E-state index contributed by atoms with van der Waals surface area (Å²) in [5, 5.41) is 10.4. The van der Waals surface area contributed by atoms with Crippen molar-refractivity contribution in [3.8, 4) is 0 Å². The van der Waals surface area contributed by atoms with E-state index in [-0.39, 0.29) is 17.9 Å². The number of methoxy groups -OCH3 is 1. The Kier molecular flexibility index (Phi) is 7.68. The molecule has 1 aliphatic heterocycles. The molecule has 4 heteroatoms. The zero-order valence-electron chi connectivity index (χ0n) is 13.7. The summed E-state index contributed by atoms with van der Waals surface area (Å²) >= 11 is 0. The van der Waals surface area contributed by atoms with Gasteiger partial charge in [0.15, 0.2) is 0 Å². The van der Waals surface area contributed by atoms with E-state index in [4.69, 9.17) is 4.74 Å². The molecule has 0 bridgehead atoms. The zero-order chi connectivity index (χ0) is 15.8. The Labute approximate surface area is 128 Å². The molecule has 1 rings (SSSR count). The van der Waals surface area contributed by atoms with Gasteiger partial charge in [0.2, 0.25) is 5.91 Å². The van der Waals surface area contributed by atoms with E-state index in [1.54, 1.807) is 12.0 Å². The lowest BCUT2D eigenvalue weighted by molar-refractivity contribution is -0.129. The maximum Gasteiger partial charge on any atom is 0.222 e. The fraction of sp³-hybridized carbons (Fsp3) is 0.706. The number of rotatable bonds is 1. The Hall–Kier alpha value is -1.13. The molecule has 1 N–H and O–H groups in total. The van der Waals surface area contributed by atoms with Crippen molar-refractivity contribution in [3.05, 3.63) is 23.8 Å². The van der Waals surface area contributed by atoms with Crippen LogP contribution in [0.1, 0.15) is 39.5 Å². The minimum absolute atomic E-state index is 0.0222. The third kappa shape index (κ3) is 6.02. The van der Waals surface area contributed by atoms with Gasteiger partial charge in [-0.3, -0.25) is 4.79 Å². The summed E-state index contributed by atoms with van der Waals surface area (Å²) in [6.45, 7) is 4.58. The van der Waals surface area contributed by atoms with E-state index in [2.05, 4.69) is 0 Å². The van der Waals surface area contributed by atoms with Crippen molar-refractivity contribution in [3.63, 3.8) is 0 Å². The molecular weight excluding hydrogens is 266 g/mol. The molecule has 0 spiro atoms. The first-order chi connectivity index (χ1) is 9.95. The SMILES string of the molecule is COC1C=CCCCCC(=O)N(C)CC(C)=CC(C)C1O. The molecule has 0 aromatic carbocycles. The minimum atomic E-state index is -0.579. The number of amides is 1. The lowest BCUT2D eigenvalue weighted by Gasteiger charge is -2.24. The highest BCUT2D eigenvalue weighted by Gasteiger charge is 2.21. The number of carbonyl (C=O) groups excluding carboxylic acids is 1. The summed E-state index contributed by atoms with van der Waals surface area (Å²) in [6, 6.07) is 0. The molecule has 0 aliphatic carbocycles. The maximum atomic E-state index is 12.0. The molecule has 21 heavy (non-hydrogen) atoms. The van der Waals surface area contributed by atoms with Crippen molar-refractivity contribution in [1.82, 2.24) is 4.90 Å². The molecule has 1 heterocycles. The maximum absolute atomic E-state index is 12.0. The van der Waals surface area contributed by atoms with Gasteiger partial charge in [-0.05, 0) is 26.2 Å². The summed E-state index contributed by atoms with van der Waals surface area (Å²) in [5.74, 6) is 0.165. The molecular formula is C17H29NO3. The van der Waals surface area contributed by atoms with Gasteiger partial charge in [-0.2, -0.15) is 0 Å². The van der Waals surface area contributed by atoms with Crippen molar-refractivity contribution in [1.29, 1.82) is 0 Å². The number of aliphatic hydroxyl groups excluding tert-OH is 1. The lowest BCUT2D eigenvalue weighted by atomic mass is 9.96. The Morgan fingerprint density at radius 3 is 2.76 bits per heavy atom. The molecule has 3 unspecified atom stereocenters. The quantitative estimate of drug-likeness (QED) is 0.756. The molecule has 4 nitrogen and oxygen atoms in total. The van der Waals surface area contributed by atoms with Crippen LogP contribution < -0.4 is 0 Å². The number of nitrogens with zero attached hydrogens (tertiary/aromatic N) is 1. The Morgan fingerprint density at radius 2 is 2.10 bits per heavy atom. The predicted molar refractivity (Wildman–Crippen MR) is 85.0 cm³/mol. The Morgan fingerprint density at radius 1 is 1.38 bits per heavy atom. The van der Waals surface area contributed by atoms with Gasteiger partial charge in [0, 0.05) is 33.0 Å². The van der Waals surface area contributed by atoms with Gasteiger partial charge >= 0.3 is 0 Å². The third-order valence-corrected chi connectivity index (χ3v) is 3.94. The number of hydrogen-bond donors (Lipinski definition) is 1. The topological polar surface area (TPSA) is 49.8 Å². The summed E-state index contributed by atoms with van der Waals surface area (Å²) < 4.78 is 5.38. The standard InChI is InChI=1S/C17H29NO3/c1-13-11-14(2)17(20)15(21-4)9-7-5-6-8-10-16(19)18(3)12-13/h7,9,11,14-15,17,20H,5-6,8,10,12H2,1-4H3. The van der Waals surface area contributed by atoms with E-state index < -0.39 is 6.10 Å². The van der Waals surface area contributed by atoms with Crippen molar-refractivity contribution in [2.75, 3.05) is 20.7 Å². The Bertz CT molecular complexity index is 389. The number of hydrogen-bond acceptors (Lipinski definition) is 3. The second-order valence-electron chi connectivity index (χ2n) is 5.99. The van der Waals surface area contributed by atoms with Crippen LogP contribution in [0.5, 0.6) is 0 Å². The van der Waals surface area contributed by atoms with Crippen molar-refractivity contribution in [2.45, 2.75) is 51.7 Å². The molecule has 0 saturated carbocycles. The first-order valence-corrected chi connectivity index (χ1v) is 7.74. The van der Waals surface area contributed by atoms with Crippen LogP contribution in [0, 0.1) is 5.92 Å². The van der Waals surface area contributed by atoms with Gasteiger partial charge in [-0.25, -0.2) is 0 Å². The molecule has 0 aromatic rings. The third-order valence-electron chi connectivity index (χ3n) is 3.94. The molecule has 3 atom stereocenters. The van der Waals surface area contributed by atoms with E-state index in [0.717, 1.165) is 24.8 Å². The minimum Gasteiger partial charge on any atom is -0.389 e. The summed E-state index contributed by atoms with van der Waals surface area (Å²) in [4.78, 5) is 13.7. The van der Waals surface area contributed by atoms with Crippen LogP contribution in [0.2, 0.25) is 0 Å². The monoisotopic (exact) mass is 295 g/mol. The summed E-state index contributed by atoms with van der Waals surface area (Å²) in [5.41, 5.74) is 1.09. The van der Waals surface area contributed by atoms with Crippen LogP contribution in [-0.4, -0.2) is 48.8 Å². The molecule has 0 fully saturated rings. The molecule has 1 aliphatic rings. The number of likely N-dealkylation sites (N-methyl/N-ethyl adjacent to an activating group) is 1. The van der Waals surface area contributed by atoms with Gasteiger partial charge < -0.3 is 14.7 Å². The van der Waals surface area contributed by atoms with Crippen LogP contribution in [-0.2, 0) is 9.53 Å². The highest BCUT2D eigenvalue weighted by molar-refractivity contribution is 5.76. The van der Waals surface area contributed by atoms with Gasteiger partial charge in [0.05, 0.1) is 6.10 Å². The summed E-state index contributed by atoms with van der Waals surface area (Å²) in [6.07, 6.45) is 8.53. The first-order valence-electron chi connectivity index (χ1n) is 7.74. The predicted octanol–water partition coefficient (Wildman–Crippen LogP) is 2.53. The van der Waals surface area contributed by atoms with Crippen LogP contribution in [0.3, 0.4) is 0 Å². The normalized spacial score (nSPS) is 30.0. The fourth-order valence-electron chi connectivity index (χ4n) is 2.65. The van der Waals surface area contributed by atoms with Gasteiger partial charge in [0.1, 0.15) is 6.10 Å². The van der Waals surface area contributed by atoms with E-state index in [1.165, 1.54) is 0 Å². The molecule has 0 saturated heterocycles. The number of carbonyl (C=O) groups is 1. The fourth-order valence-corrected chi connectivity index (χ4v) is 2.65. The van der Waals surface area contributed by atoms with Crippen LogP contribution in [0.25, 0.3) is 0 Å². The summed E-state index contributed by atoms with van der Waals surface area (Å²) in [7, 11) is 3.46. The van der Waals surface area contributed by atoms with E-state index in [0.29, 0.717) is 13.0 Å². The van der Waals surface area contributed by atoms with Gasteiger partial charge in [-0.15, -0.1) is 0 Å². The first kappa shape index (κ1) is 17.9. The molecule has 1 amide bonds. The number of ether oxygens (including phenoxy) is 1. The van der Waals surface area contributed by atoms with Crippen LogP contribution in [0.4, 0.5) is 0 Å². The average molecular weight is 295 g/mol. The Balaban J connectivity index is 2.87. The van der Waals surface area contributed by atoms with Gasteiger partial charge in [0.25, 0.3) is 0 Å². The van der Waals surface area contributed by atoms with Crippen molar-refractivity contribution < 1.29 is 14.6 Å². The number of allylic oxidation sites excluding steroid dienone is 1. The van der Waals surface area contributed by atoms with E-state index in [1.807, 2.05) is 39.1 Å². The molecule has 0 radical (unpaired) electrons. The second kappa shape index (κ2) is 9.00. The second-order valence-corrected chi connectivity index (χ2v) is 5.99. The lowest BCUT2D eigenvalue weighted by Crippen LogP contribution is -2.32. The van der Waals surface area contributed by atoms with E-state index in [9.17, 15) is 9.90 Å². The van der Waals surface area contributed by atoms with Crippen LogP contribution in [0.15, 0.2) is 23.8 Å². The average Bonchev–Trinajstić information content (AvgIpc) is 2.44. The van der Waals surface area contributed by atoms with E-state index >= 15 is 0 Å². The van der Waals surface area contributed by atoms with Gasteiger partial charge in [-0.1, -0.05) is 30.7 Å². The highest BCUT2D eigenvalue weighted by Crippen LogP contribution is 2.16. The smallest absolute Gasteiger partial charge is 0.222 e. The van der Waals surface area contributed by atoms with Crippen molar-refractivity contribution in [2.24, 2.45) is 5.92 Å². The largest absolute Gasteiger partial charge is 0.389 e. The zero-order valence-corrected chi connectivity index (χ0v) is 13.7. The number of aliphatic hydroxyl groups is 1. The molecule has 120 valence electrons. The van der Waals surface area contributed by atoms with Crippen molar-refractivity contribution >= 4 is 5.91 Å². The highest BCUT2D eigenvalue weighted by atomic mass is 16.5. The molecule has 0 aromatic heterocycles.